The molecule has 9 nitrogen and oxygen atoms in total. The van der Waals surface area contributed by atoms with Crippen LogP contribution in [0.5, 0.6) is 11.5 Å². The number of carbonyl (C=O) groups is 3. The highest BCUT2D eigenvalue weighted by Crippen LogP contribution is 2.37. The van der Waals surface area contributed by atoms with Crippen LogP contribution in [-0.4, -0.2) is 45.3 Å². The number of nitrogens with zero attached hydrogens (tertiary/aromatic N) is 1. The van der Waals surface area contributed by atoms with Gasteiger partial charge < -0.3 is 24.3 Å². The summed E-state index contributed by atoms with van der Waals surface area (Å²) in [4.78, 5) is 35.6. The van der Waals surface area contributed by atoms with E-state index >= 15 is 0 Å². The molecule has 1 N–H and O–H groups in total. The largest absolute Gasteiger partial charge is 0.493 e. The second-order valence-electron chi connectivity index (χ2n) is 6.32. The second kappa shape index (κ2) is 12.3. The first-order valence-corrected chi connectivity index (χ1v) is 10.4. The van der Waals surface area contributed by atoms with Crippen molar-refractivity contribution in [2.75, 3.05) is 32.8 Å². The molecule has 0 atom stereocenters. The van der Waals surface area contributed by atoms with Gasteiger partial charge in [-0.15, -0.1) is 0 Å². The first-order valence-electron chi connectivity index (χ1n) is 9.60. The summed E-state index contributed by atoms with van der Waals surface area (Å²) < 4.78 is 20.6. The van der Waals surface area contributed by atoms with E-state index < -0.39 is 17.8 Å². The van der Waals surface area contributed by atoms with Crippen LogP contribution in [0, 0.1) is 11.3 Å². The van der Waals surface area contributed by atoms with E-state index in [0.717, 1.165) is 0 Å². The van der Waals surface area contributed by atoms with Gasteiger partial charge in [0.25, 0.3) is 5.91 Å². The summed E-state index contributed by atoms with van der Waals surface area (Å²) >= 11 is 3.34. The third-order valence-electron chi connectivity index (χ3n) is 4.14. The van der Waals surface area contributed by atoms with Gasteiger partial charge in [-0.2, -0.15) is 5.26 Å². The Hall–Kier alpha value is -3.84. The summed E-state index contributed by atoms with van der Waals surface area (Å²) in [5.74, 6) is -1.11. The Labute approximate surface area is 199 Å². The molecule has 0 unspecified atom stereocenters. The Bertz CT molecular complexity index is 1110. The number of nitriles is 1. The predicted molar refractivity (Wildman–Crippen MR) is 123 cm³/mol. The van der Waals surface area contributed by atoms with E-state index in [0.29, 0.717) is 21.3 Å². The number of anilines is 1. The highest BCUT2D eigenvalue weighted by molar-refractivity contribution is 9.10. The third-order valence-corrected chi connectivity index (χ3v) is 4.73. The Morgan fingerprint density at radius 2 is 1.85 bits per heavy atom. The van der Waals surface area contributed by atoms with Crippen molar-refractivity contribution in [3.63, 3.8) is 0 Å². The van der Waals surface area contributed by atoms with Crippen molar-refractivity contribution in [3.05, 3.63) is 57.6 Å². The summed E-state index contributed by atoms with van der Waals surface area (Å²) in [6, 6.07) is 11.1. The van der Waals surface area contributed by atoms with E-state index in [1.165, 1.54) is 44.6 Å². The topological polar surface area (TPSA) is 124 Å². The first kappa shape index (κ1) is 25.4. The molecule has 0 aromatic heterocycles. The van der Waals surface area contributed by atoms with Gasteiger partial charge in [-0.05, 0) is 70.9 Å². The van der Waals surface area contributed by atoms with Crippen molar-refractivity contribution < 1.29 is 33.3 Å². The molecular weight excluding hydrogens is 496 g/mol. The minimum atomic E-state index is -0.637. The molecule has 172 valence electrons. The van der Waals surface area contributed by atoms with Gasteiger partial charge in [0.2, 0.25) is 0 Å². The zero-order valence-corrected chi connectivity index (χ0v) is 19.7. The lowest BCUT2D eigenvalue weighted by atomic mass is 10.1. The maximum Gasteiger partial charge on any atom is 0.343 e. The summed E-state index contributed by atoms with van der Waals surface area (Å²) in [6.45, 7) is 1.65. The minimum absolute atomic E-state index is 0.165. The van der Waals surface area contributed by atoms with E-state index in [1.54, 1.807) is 19.1 Å². The number of hydrogen-bond donors (Lipinski definition) is 1. The normalized spacial score (nSPS) is 10.6. The number of halogens is 1. The Morgan fingerprint density at radius 1 is 1.15 bits per heavy atom. The van der Waals surface area contributed by atoms with E-state index in [2.05, 4.69) is 26.0 Å². The number of methoxy groups -OCH3 is 2. The fourth-order valence-electron chi connectivity index (χ4n) is 2.57. The van der Waals surface area contributed by atoms with Gasteiger partial charge in [0.1, 0.15) is 11.6 Å². The van der Waals surface area contributed by atoms with Gasteiger partial charge in [0.05, 0.1) is 30.9 Å². The van der Waals surface area contributed by atoms with Gasteiger partial charge >= 0.3 is 11.9 Å². The molecule has 0 aliphatic rings. The molecule has 2 aromatic rings. The third kappa shape index (κ3) is 7.08. The molecule has 0 radical (unpaired) electrons. The number of amides is 1. The van der Waals surface area contributed by atoms with Crippen molar-refractivity contribution in [3.8, 4) is 17.6 Å². The minimum Gasteiger partial charge on any atom is -0.493 e. The molecule has 2 aromatic carbocycles. The number of benzene rings is 2. The molecule has 0 aliphatic heterocycles. The molecule has 0 heterocycles. The molecule has 0 fully saturated rings. The lowest BCUT2D eigenvalue weighted by molar-refractivity contribution is -0.142. The summed E-state index contributed by atoms with van der Waals surface area (Å²) in [5.41, 5.74) is 1.06. The van der Waals surface area contributed by atoms with Crippen LogP contribution < -0.4 is 14.8 Å². The smallest absolute Gasteiger partial charge is 0.343 e. The Kier molecular flexibility index (Phi) is 9.45. The van der Waals surface area contributed by atoms with Gasteiger partial charge in [-0.3, -0.25) is 4.79 Å². The predicted octanol–water partition coefficient (Wildman–Crippen LogP) is 3.73. The molecule has 33 heavy (non-hydrogen) atoms. The standard InChI is InChI=1S/C23H21BrN2O7/c1-4-32-23(29)15-5-7-17(8-6-15)26-22(28)16(12-25)9-14-10-18(24)21(19(11-14)30-2)33-13-20(27)31-3/h5-11H,4,13H2,1-3H3,(H,26,28)/b16-9+. The molecule has 0 bridgehead atoms. The van der Waals surface area contributed by atoms with E-state index in [9.17, 15) is 19.6 Å². The molecule has 0 spiro atoms. The summed E-state index contributed by atoms with van der Waals surface area (Å²) in [7, 11) is 2.66. The molecule has 0 saturated heterocycles. The van der Waals surface area contributed by atoms with Crippen LogP contribution in [0.2, 0.25) is 0 Å². The first-order chi connectivity index (χ1) is 15.8. The lowest BCUT2D eigenvalue weighted by Crippen LogP contribution is -2.14. The van der Waals surface area contributed by atoms with Gasteiger partial charge in [-0.25, -0.2) is 9.59 Å². The van der Waals surface area contributed by atoms with E-state index in [4.69, 9.17) is 14.2 Å². The second-order valence-corrected chi connectivity index (χ2v) is 7.18. The van der Waals surface area contributed by atoms with E-state index in [1.807, 2.05) is 6.07 Å². The Morgan fingerprint density at radius 3 is 2.42 bits per heavy atom. The number of esters is 2. The average Bonchev–Trinajstić information content (AvgIpc) is 2.81. The number of hydrogen-bond acceptors (Lipinski definition) is 8. The van der Waals surface area contributed by atoms with Crippen LogP contribution in [0.3, 0.4) is 0 Å². The van der Waals surface area contributed by atoms with Crippen LogP contribution in [0.4, 0.5) is 5.69 Å². The van der Waals surface area contributed by atoms with Crippen LogP contribution in [-0.2, 0) is 19.1 Å². The summed E-state index contributed by atoms with van der Waals surface area (Å²) in [5, 5.41) is 12.1. The fourth-order valence-corrected chi connectivity index (χ4v) is 3.15. The molecule has 2 rings (SSSR count). The highest BCUT2D eigenvalue weighted by Gasteiger charge is 2.16. The Balaban J connectivity index is 2.21. The monoisotopic (exact) mass is 516 g/mol. The lowest BCUT2D eigenvalue weighted by Gasteiger charge is -2.13. The van der Waals surface area contributed by atoms with Gasteiger partial charge in [-0.1, -0.05) is 0 Å². The molecule has 0 saturated carbocycles. The van der Waals surface area contributed by atoms with Crippen molar-refractivity contribution in [1.29, 1.82) is 5.26 Å². The average molecular weight is 517 g/mol. The number of ether oxygens (including phenoxy) is 4. The van der Waals surface area contributed by atoms with Crippen molar-refractivity contribution in [2.45, 2.75) is 6.92 Å². The maximum absolute atomic E-state index is 12.6. The number of carbonyl (C=O) groups excluding carboxylic acids is 3. The van der Waals surface area contributed by atoms with Crippen LogP contribution >= 0.6 is 15.9 Å². The SMILES string of the molecule is CCOC(=O)c1ccc(NC(=O)/C(C#N)=C/c2cc(Br)c(OCC(=O)OC)c(OC)c2)cc1. The molecular formula is C23H21BrN2O7. The van der Waals surface area contributed by atoms with Crippen molar-refractivity contribution in [2.24, 2.45) is 0 Å². The zero-order chi connectivity index (χ0) is 24.4. The van der Waals surface area contributed by atoms with Gasteiger partial charge in [0, 0.05) is 5.69 Å². The van der Waals surface area contributed by atoms with Crippen LogP contribution in [0.25, 0.3) is 6.08 Å². The van der Waals surface area contributed by atoms with Crippen molar-refractivity contribution in [1.82, 2.24) is 0 Å². The molecule has 10 heteroatoms. The number of nitrogens with one attached hydrogen (secondary N) is 1. The number of rotatable bonds is 9. The van der Waals surface area contributed by atoms with Gasteiger partial charge in [0.15, 0.2) is 18.1 Å². The van der Waals surface area contributed by atoms with Crippen molar-refractivity contribution >= 4 is 45.5 Å². The molecule has 1 amide bonds. The fraction of sp³-hybridized carbons (Fsp3) is 0.217. The zero-order valence-electron chi connectivity index (χ0n) is 18.1. The quantitative estimate of drug-likeness (QED) is 0.303. The molecule has 0 aliphatic carbocycles. The summed E-state index contributed by atoms with van der Waals surface area (Å²) in [6.07, 6.45) is 1.37. The van der Waals surface area contributed by atoms with E-state index in [-0.39, 0.29) is 30.3 Å². The highest BCUT2D eigenvalue weighted by atomic mass is 79.9. The van der Waals surface area contributed by atoms with Crippen LogP contribution in [0.1, 0.15) is 22.8 Å². The van der Waals surface area contributed by atoms with Crippen LogP contribution in [0.15, 0.2) is 46.4 Å². The maximum atomic E-state index is 12.6.